The van der Waals surface area contributed by atoms with Crippen molar-refractivity contribution in [3.05, 3.63) is 0 Å². The molecule has 0 aliphatic carbocycles. The van der Waals surface area contributed by atoms with Crippen LogP contribution in [0.5, 0.6) is 0 Å². The summed E-state index contributed by atoms with van der Waals surface area (Å²) in [4.78, 5) is 0. The molecule has 0 spiro atoms. The highest BCUT2D eigenvalue weighted by Gasteiger charge is 2.20. The van der Waals surface area contributed by atoms with Crippen LogP contribution in [-0.2, 0) is 4.18 Å². The Morgan fingerprint density at radius 2 is 1.60 bits per heavy atom. The molecule has 0 saturated heterocycles. The third-order valence-corrected chi connectivity index (χ3v) is 2.28. The van der Waals surface area contributed by atoms with E-state index in [1.165, 1.54) is 0 Å². The highest BCUT2D eigenvalue weighted by Crippen LogP contribution is 2.41. The Morgan fingerprint density at radius 3 is 1.70 bits per heavy atom. The second kappa shape index (κ2) is 3.14. The van der Waals surface area contributed by atoms with Crippen LogP contribution < -0.4 is 0 Å². The Labute approximate surface area is 66.7 Å². The van der Waals surface area contributed by atoms with Gasteiger partial charge in [0.1, 0.15) is 0 Å². The molecule has 0 rings (SSSR count). The predicted octanol–water partition coefficient (Wildman–Crippen LogP) is 2.80. The Bertz CT molecular complexity index is 102. The van der Waals surface area contributed by atoms with E-state index < -0.39 is 10.3 Å². The summed E-state index contributed by atoms with van der Waals surface area (Å²) >= 11 is 0. The minimum absolute atomic E-state index is 0.0631. The maximum atomic E-state index is 5.86. The molecule has 0 aromatic carbocycles. The summed E-state index contributed by atoms with van der Waals surface area (Å²) in [6.45, 7) is 6.45. The fourth-order valence-corrected chi connectivity index (χ4v) is 2.21. The van der Waals surface area contributed by atoms with Crippen LogP contribution >= 0.6 is 10.3 Å². The summed E-state index contributed by atoms with van der Waals surface area (Å²) in [5.74, 6) is 0. The maximum Gasteiger partial charge on any atom is 0.0748 e. The van der Waals surface area contributed by atoms with Gasteiger partial charge in [-0.25, -0.2) is 0 Å². The zero-order valence-corrected chi connectivity index (χ0v) is 8.84. The van der Waals surface area contributed by atoms with Gasteiger partial charge in [0.15, 0.2) is 0 Å². The molecular formula is C8H20OS. The Morgan fingerprint density at radius 1 is 1.20 bits per heavy atom. The van der Waals surface area contributed by atoms with E-state index in [0.29, 0.717) is 0 Å². The van der Waals surface area contributed by atoms with Crippen LogP contribution in [-0.4, -0.2) is 24.4 Å². The molecule has 0 unspecified atom stereocenters. The minimum Gasteiger partial charge on any atom is -0.332 e. The Hall–Kier alpha value is 0.310. The van der Waals surface area contributed by atoms with Crippen molar-refractivity contribution in [2.45, 2.75) is 32.8 Å². The van der Waals surface area contributed by atoms with Crippen LogP contribution in [0.15, 0.2) is 0 Å². The van der Waals surface area contributed by atoms with Gasteiger partial charge in [-0.05, 0) is 39.0 Å². The van der Waals surface area contributed by atoms with Crippen molar-refractivity contribution in [3.63, 3.8) is 0 Å². The van der Waals surface area contributed by atoms with Gasteiger partial charge in [-0.3, -0.25) is 0 Å². The van der Waals surface area contributed by atoms with Crippen LogP contribution in [0.25, 0.3) is 0 Å². The monoisotopic (exact) mass is 164 g/mol. The molecule has 0 aromatic heterocycles. The zero-order chi connectivity index (χ0) is 8.41. The van der Waals surface area contributed by atoms with Gasteiger partial charge in [0.2, 0.25) is 0 Å². The lowest BCUT2D eigenvalue weighted by Gasteiger charge is -2.36. The van der Waals surface area contributed by atoms with E-state index in [9.17, 15) is 0 Å². The van der Waals surface area contributed by atoms with Crippen LogP contribution in [0.3, 0.4) is 0 Å². The molecule has 64 valence electrons. The molecule has 0 atom stereocenters. The normalized spacial score (nSPS) is 15.4. The fraction of sp³-hybridized carbons (Fsp3) is 1.00. The molecule has 0 aliphatic heterocycles. The summed E-state index contributed by atoms with van der Waals surface area (Å²) in [6.07, 6.45) is 7.59. The summed E-state index contributed by atoms with van der Waals surface area (Å²) in [7, 11) is -0.794. The molecule has 0 radical (unpaired) electrons. The second-order valence-corrected chi connectivity index (χ2v) is 7.54. The summed E-state index contributed by atoms with van der Waals surface area (Å²) in [5.41, 5.74) is 0.0631. The van der Waals surface area contributed by atoms with E-state index in [1.54, 1.807) is 0 Å². The first-order chi connectivity index (χ1) is 4.27. The van der Waals surface area contributed by atoms with Crippen molar-refractivity contribution in [1.29, 1.82) is 0 Å². The third kappa shape index (κ3) is 5.12. The summed E-state index contributed by atoms with van der Waals surface area (Å²) in [6, 6.07) is 0. The molecule has 0 fully saturated rings. The third-order valence-electron chi connectivity index (χ3n) is 1.33. The predicted molar refractivity (Wildman–Crippen MR) is 50.8 cm³/mol. The lowest BCUT2D eigenvalue weighted by atomic mass is 10.1. The molecule has 0 saturated carbocycles. The van der Waals surface area contributed by atoms with E-state index in [1.807, 2.05) is 0 Å². The van der Waals surface area contributed by atoms with Crippen molar-refractivity contribution in [1.82, 2.24) is 0 Å². The van der Waals surface area contributed by atoms with E-state index >= 15 is 0 Å². The number of hydrogen-bond acceptors (Lipinski definition) is 1. The van der Waals surface area contributed by atoms with Crippen molar-refractivity contribution in [2.24, 2.45) is 0 Å². The smallest absolute Gasteiger partial charge is 0.0748 e. The van der Waals surface area contributed by atoms with Crippen LogP contribution in [0.2, 0.25) is 0 Å². The highest BCUT2D eigenvalue weighted by atomic mass is 32.3. The Balaban J connectivity index is 3.89. The summed E-state index contributed by atoms with van der Waals surface area (Å²) in [5, 5.41) is 0. The lowest BCUT2D eigenvalue weighted by Crippen LogP contribution is -2.24. The van der Waals surface area contributed by atoms with E-state index in [2.05, 4.69) is 39.5 Å². The van der Waals surface area contributed by atoms with Crippen molar-refractivity contribution in [3.8, 4) is 0 Å². The molecule has 0 amide bonds. The molecule has 1 nitrogen and oxygen atoms in total. The fourth-order valence-electron chi connectivity index (χ4n) is 0.736. The van der Waals surface area contributed by atoms with E-state index in [0.717, 1.165) is 6.42 Å². The van der Waals surface area contributed by atoms with Crippen LogP contribution in [0.1, 0.15) is 27.2 Å². The Kier molecular flexibility index (Phi) is 3.24. The van der Waals surface area contributed by atoms with Gasteiger partial charge >= 0.3 is 0 Å². The molecule has 0 aliphatic rings. The van der Waals surface area contributed by atoms with Gasteiger partial charge in [0.05, 0.1) is 5.60 Å². The highest BCUT2D eigenvalue weighted by molar-refractivity contribution is 8.28. The second-order valence-electron chi connectivity index (χ2n) is 3.92. The summed E-state index contributed by atoms with van der Waals surface area (Å²) < 4.78 is 5.86. The SMILES string of the molecule is CCC(C)(C)OS(C)(C)C. The van der Waals surface area contributed by atoms with Crippen molar-refractivity contribution < 1.29 is 4.18 Å². The first-order valence-electron chi connectivity index (χ1n) is 3.66. The molecule has 0 N–H and O–H groups in total. The van der Waals surface area contributed by atoms with Crippen LogP contribution in [0, 0.1) is 0 Å². The van der Waals surface area contributed by atoms with Gasteiger partial charge in [-0.1, -0.05) is 6.92 Å². The van der Waals surface area contributed by atoms with Gasteiger partial charge < -0.3 is 4.18 Å². The maximum absolute atomic E-state index is 5.86. The first kappa shape index (κ1) is 10.3. The van der Waals surface area contributed by atoms with E-state index in [-0.39, 0.29) is 5.60 Å². The molecule has 2 heteroatoms. The number of rotatable bonds is 3. The van der Waals surface area contributed by atoms with Gasteiger partial charge in [0.25, 0.3) is 0 Å². The zero-order valence-electron chi connectivity index (χ0n) is 8.02. The molecule has 0 heterocycles. The van der Waals surface area contributed by atoms with Gasteiger partial charge in [-0.15, -0.1) is 10.3 Å². The minimum atomic E-state index is -0.794. The van der Waals surface area contributed by atoms with Crippen molar-refractivity contribution in [2.75, 3.05) is 18.8 Å². The van der Waals surface area contributed by atoms with Gasteiger partial charge in [-0.2, -0.15) is 0 Å². The lowest BCUT2D eigenvalue weighted by molar-refractivity contribution is 0.129. The average Bonchev–Trinajstić information content (AvgIpc) is 1.60. The van der Waals surface area contributed by atoms with Crippen LogP contribution in [0.4, 0.5) is 0 Å². The van der Waals surface area contributed by atoms with E-state index in [4.69, 9.17) is 4.18 Å². The molecule has 10 heavy (non-hydrogen) atoms. The quantitative estimate of drug-likeness (QED) is 0.623. The largest absolute Gasteiger partial charge is 0.332 e. The van der Waals surface area contributed by atoms with Gasteiger partial charge in [0, 0.05) is 0 Å². The topological polar surface area (TPSA) is 9.23 Å². The molecule has 0 bridgehead atoms. The number of hydrogen-bond donors (Lipinski definition) is 0. The standard InChI is InChI=1S/C8H20OS/c1-7-8(2,3)9-10(4,5)6/h7H2,1-6H3. The molecule has 0 aromatic rings. The first-order valence-corrected chi connectivity index (χ1v) is 6.44. The average molecular weight is 164 g/mol. The van der Waals surface area contributed by atoms with Crippen molar-refractivity contribution >= 4 is 10.3 Å². The molecular weight excluding hydrogens is 144 g/mol.